The predicted molar refractivity (Wildman–Crippen MR) is 70.6 cm³/mol. The molecule has 3 rings (SSSR count). The van der Waals surface area contributed by atoms with E-state index in [9.17, 15) is 9.18 Å². The summed E-state index contributed by atoms with van der Waals surface area (Å²) in [5.74, 6) is -0.516. The second kappa shape index (κ2) is 5.29. The largest absolute Gasteiger partial charge is 0.302 e. The second-order valence-electron chi connectivity index (χ2n) is 4.00. The normalized spacial score (nSPS) is 10.8. The van der Waals surface area contributed by atoms with Crippen LogP contribution in [-0.4, -0.2) is 31.1 Å². The van der Waals surface area contributed by atoms with Crippen LogP contribution in [-0.2, 0) is 11.3 Å². The molecule has 20 heavy (non-hydrogen) atoms. The lowest BCUT2D eigenvalue weighted by Gasteiger charge is -2.00. The number of halogens is 1. The number of hydrogen-bond donors (Lipinski definition) is 1. The summed E-state index contributed by atoms with van der Waals surface area (Å²) in [6.45, 7) is 0.387. The number of carbonyl (C=O) groups is 1. The number of nitrogens with zero attached hydrogens (tertiary/aromatic N) is 5. The number of aryl methyl sites for hydroxylation is 1. The SMILES string of the molecule is O=C(CCn1cnnn1)Nc1nc2ccc(F)cc2s1. The first kappa shape index (κ1) is 12.6. The van der Waals surface area contributed by atoms with E-state index in [-0.39, 0.29) is 18.1 Å². The molecule has 9 heteroatoms. The molecule has 0 aliphatic rings. The van der Waals surface area contributed by atoms with Gasteiger partial charge in [0.05, 0.1) is 16.8 Å². The number of fused-ring (bicyclic) bond motifs is 1. The summed E-state index contributed by atoms with van der Waals surface area (Å²) in [6.07, 6.45) is 1.67. The number of thiazole rings is 1. The molecule has 0 atom stereocenters. The topological polar surface area (TPSA) is 85.6 Å². The van der Waals surface area contributed by atoms with Gasteiger partial charge in [0.25, 0.3) is 0 Å². The van der Waals surface area contributed by atoms with E-state index < -0.39 is 0 Å². The number of benzene rings is 1. The summed E-state index contributed by atoms with van der Waals surface area (Å²) in [4.78, 5) is 16.0. The van der Waals surface area contributed by atoms with E-state index in [0.29, 0.717) is 21.9 Å². The van der Waals surface area contributed by atoms with Gasteiger partial charge in [0, 0.05) is 6.42 Å². The smallest absolute Gasteiger partial charge is 0.228 e. The molecule has 0 bridgehead atoms. The number of carbonyl (C=O) groups excluding carboxylic acids is 1. The van der Waals surface area contributed by atoms with Gasteiger partial charge in [-0.1, -0.05) is 11.3 Å². The fraction of sp³-hybridized carbons (Fsp3) is 0.182. The van der Waals surface area contributed by atoms with Crippen LogP contribution in [0.2, 0.25) is 0 Å². The molecule has 1 amide bonds. The molecule has 3 aromatic rings. The molecular weight excluding hydrogens is 283 g/mol. The minimum atomic E-state index is -0.322. The van der Waals surface area contributed by atoms with E-state index in [1.54, 1.807) is 6.07 Å². The monoisotopic (exact) mass is 292 g/mol. The fourth-order valence-corrected chi connectivity index (χ4v) is 2.54. The Balaban J connectivity index is 1.65. The zero-order valence-electron chi connectivity index (χ0n) is 10.2. The van der Waals surface area contributed by atoms with Crippen LogP contribution in [0.5, 0.6) is 0 Å². The summed E-state index contributed by atoms with van der Waals surface area (Å²) in [7, 11) is 0. The number of hydrogen-bond acceptors (Lipinski definition) is 6. The number of aromatic nitrogens is 5. The molecule has 1 N–H and O–H groups in total. The van der Waals surface area contributed by atoms with Crippen molar-refractivity contribution in [3.8, 4) is 0 Å². The molecule has 0 aliphatic carbocycles. The fourth-order valence-electron chi connectivity index (χ4n) is 1.63. The Morgan fingerprint density at radius 2 is 2.35 bits per heavy atom. The molecule has 0 unspecified atom stereocenters. The Morgan fingerprint density at radius 3 is 3.15 bits per heavy atom. The maximum absolute atomic E-state index is 13.1. The Labute approximate surface area is 116 Å². The highest BCUT2D eigenvalue weighted by molar-refractivity contribution is 7.22. The van der Waals surface area contributed by atoms with Gasteiger partial charge in [-0.15, -0.1) is 5.10 Å². The lowest BCUT2D eigenvalue weighted by Crippen LogP contribution is -2.14. The minimum absolute atomic E-state index is 0.194. The standard InChI is InChI=1S/C11H9FN6OS/c12-7-1-2-8-9(5-7)20-11(14-8)15-10(19)3-4-18-6-13-16-17-18/h1-2,5-6H,3-4H2,(H,14,15,19). The molecule has 2 aromatic heterocycles. The average Bonchev–Trinajstić information content (AvgIpc) is 3.04. The van der Waals surface area contributed by atoms with Crippen LogP contribution in [0.3, 0.4) is 0 Å². The molecule has 102 valence electrons. The number of rotatable bonds is 4. The van der Waals surface area contributed by atoms with Crippen molar-refractivity contribution in [3.63, 3.8) is 0 Å². The van der Waals surface area contributed by atoms with Crippen molar-refractivity contribution in [2.24, 2.45) is 0 Å². The van der Waals surface area contributed by atoms with Gasteiger partial charge in [0.2, 0.25) is 5.91 Å². The van der Waals surface area contributed by atoms with E-state index >= 15 is 0 Å². The van der Waals surface area contributed by atoms with Crippen molar-refractivity contribution in [1.29, 1.82) is 0 Å². The van der Waals surface area contributed by atoms with Crippen molar-refractivity contribution in [3.05, 3.63) is 30.3 Å². The van der Waals surface area contributed by atoms with Gasteiger partial charge in [-0.2, -0.15) is 0 Å². The van der Waals surface area contributed by atoms with Crippen molar-refractivity contribution < 1.29 is 9.18 Å². The lowest BCUT2D eigenvalue weighted by atomic mass is 10.3. The van der Waals surface area contributed by atoms with Crippen molar-refractivity contribution in [1.82, 2.24) is 25.2 Å². The van der Waals surface area contributed by atoms with Crippen LogP contribution in [0.25, 0.3) is 10.2 Å². The van der Waals surface area contributed by atoms with E-state index in [4.69, 9.17) is 0 Å². The van der Waals surface area contributed by atoms with Crippen molar-refractivity contribution in [2.45, 2.75) is 13.0 Å². The summed E-state index contributed by atoms with van der Waals surface area (Å²) in [6, 6.07) is 4.31. The van der Waals surface area contributed by atoms with Gasteiger partial charge in [-0.3, -0.25) is 4.79 Å². The predicted octanol–water partition coefficient (Wildman–Crippen LogP) is 1.45. The van der Waals surface area contributed by atoms with Crippen LogP contribution in [0.15, 0.2) is 24.5 Å². The third-order valence-electron chi connectivity index (χ3n) is 2.56. The number of nitrogens with one attached hydrogen (secondary N) is 1. The Kier molecular flexibility index (Phi) is 3.33. The van der Waals surface area contributed by atoms with Crippen LogP contribution in [0.1, 0.15) is 6.42 Å². The molecule has 2 heterocycles. The van der Waals surface area contributed by atoms with Crippen LogP contribution in [0, 0.1) is 5.82 Å². The van der Waals surface area contributed by atoms with E-state index in [1.807, 2.05) is 0 Å². The Hall–Kier alpha value is -2.42. The van der Waals surface area contributed by atoms with Crippen LogP contribution in [0.4, 0.5) is 9.52 Å². The number of tetrazole rings is 1. The minimum Gasteiger partial charge on any atom is -0.302 e. The Bertz CT molecular complexity index is 741. The first-order chi connectivity index (χ1) is 9.70. The summed E-state index contributed by atoms with van der Waals surface area (Å²) in [5, 5.41) is 13.7. The molecule has 0 saturated carbocycles. The highest BCUT2D eigenvalue weighted by atomic mass is 32.1. The second-order valence-corrected chi connectivity index (χ2v) is 5.03. The molecule has 7 nitrogen and oxygen atoms in total. The van der Waals surface area contributed by atoms with Gasteiger partial charge < -0.3 is 5.32 Å². The zero-order chi connectivity index (χ0) is 13.9. The van der Waals surface area contributed by atoms with Crippen molar-refractivity contribution in [2.75, 3.05) is 5.32 Å². The van der Waals surface area contributed by atoms with Gasteiger partial charge in [-0.05, 0) is 28.6 Å². The van der Waals surface area contributed by atoms with Gasteiger partial charge in [-0.25, -0.2) is 14.1 Å². The van der Waals surface area contributed by atoms with E-state index in [1.165, 1.54) is 34.5 Å². The maximum atomic E-state index is 13.1. The summed E-state index contributed by atoms with van der Waals surface area (Å²) in [5.41, 5.74) is 0.659. The quantitative estimate of drug-likeness (QED) is 0.786. The summed E-state index contributed by atoms with van der Waals surface area (Å²) >= 11 is 1.23. The molecule has 0 saturated heterocycles. The van der Waals surface area contributed by atoms with Crippen molar-refractivity contribution >= 4 is 32.6 Å². The third-order valence-corrected chi connectivity index (χ3v) is 3.49. The highest BCUT2D eigenvalue weighted by Crippen LogP contribution is 2.26. The van der Waals surface area contributed by atoms with Crippen LogP contribution < -0.4 is 5.32 Å². The first-order valence-corrected chi connectivity index (χ1v) is 6.59. The average molecular weight is 292 g/mol. The molecule has 0 radical (unpaired) electrons. The molecule has 0 fully saturated rings. The number of anilines is 1. The molecular formula is C11H9FN6OS. The van der Waals surface area contributed by atoms with Gasteiger partial charge in [0.15, 0.2) is 5.13 Å². The third kappa shape index (κ3) is 2.77. The molecule has 0 spiro atoms. The van der Waals surface area contributed by atoms with E-state index in [2.05, 4.69) is 25.8 Å². The lowest BCUT2D eigenvalue weighted by molar-refractivity contribution is -0.116. The van der Waals surface area contributed by atoms with Gasteiger partial charge >= 0.3 is 0 Å². The molecule has 1 aromatic carbocycles. The number of amides is 1. The summed E-state index contributed by atoms with van der Waals surface area (Å²) < 4.78 is 15.2. The Morgan fingerprint density at radius 1 is 1.45 bits per heavy atom. The highest BCUT2D eigenvalue weighted by Gasteiger charge is 2.08. The first-order valence-electron chi connectivity index (χ1n) is 5.77. The zero-order valence-corrected chi connectivity index (χ0v) is 11.0. The molecule has 0 aliphatic heterocycles. The van der Waals surface area contributed by atoms with E-state index in [0.717, 1.165) is 0 Å². The van der Waals surface area contributed by atoms with Gasteiger partial charge in [0.1, 0.15) is 12.1 Å². The van der Waals surface area contributed by atoms with Crippen LogP contribution >= 0.6 is 11.3 Å². The maximum Gasteiger partial charge on any atom is 0.228 e.